The zero-order valence-electron chi connectivity index (χ0n) is 24.2. The Morgan fingerprint density at radius 3 is 2.34 bits per heavy atom. The van der Waals surface area contributed by atoms with Crippen LogP contribution in [0.2, 0.25) is 5.02 Å². The minimum atomic E-state index is -4.18. The van der Waals surface area contributed by atoms with E-state index in [1.807, 2.05) is 26.8 Å². The molecular formula is C31H38ClN3O5S. The third-order valence-electron chi connectivity index (χ3n) is 6.75. The van der Waals surface area contributed by atoms with Crippen molar-refractivity contribution < 1.29 is 22.7 Å². The average molecular weight is 600 g/mol. The highest BCUT2D eigenvalue weighted by Crippen LogP contribution is 2.30. The number of nitrogens with zero attached hydrogens (tertiary/aromatic N) is 2. The number of methoxy groups -OCH3 is 1. The van der Waals surface area contributed by atoms with Gasteiger partial charge in [0.05, 0.1) is 17.7 Å². The van der Waals surface area contributed by atoms with E-state index >= 15 is 0 Å². The van der Waals surface area contributed by atoms with Gasteiger partial charge in [0.1, 0.15) is 18.3 Å². The molecule has 0 spiro atoms. The van der Waals surface area contributed by atoms with Crippen LogP contribution in [0.4, 0.5) is 5.69 Å². The molecular weight excluding hydrogens is 562 g/mol. The molecule has 41 heavy (non-hydrogen) atoms. The van der Waals surface area contributed by atoms with Gasteiger partial charge in [-0.25, -0.2) is 8.42 Å². The van der Waals surface area contributed by atoms with E-state index in [4.69, 9.17) is 16.3 Å². The van der Waals surface area contributed by atoms with Gasteiger partial charge in [-0.15, -0.1) is 0 Å². The normalized spacial score (nSPS) is 12.0. The maximum atomic E-state index is 14.2. The van der Waals surface area contributed by atoms with E-state index in [0.717, 1.165) is 21.9 Å². The van der Waals surface area contributed by atoms with E-state index < -0.39 is 28.5 Å². The lowest BCUT2D eigenvalue weighted by Gasteiger charge is -2.33. The third kappa shape index (κ3) is 8.01. The van der Waals surface area contributed by atoms with Crippen LogP contribution in [0.1, 0.15) is 43.4 Å². The smallest absolute Gasteiger partial charge is 0.264 e. The van der Waals surface area contributed by atoms with Crippen molar-refractivity contribution in [3.8, 4) is 5.75 Å². The van der Waals surface area contributed by atoms with E-state index in [-0.39, 0.29) is 23.0 Å². The van der Waals surface area contributed by atoms with Crippen molar-refractivity contribution in [2.24, 2.45) is 0 Å². The second-order valence-corrected chi connectivity index (χ2v) is 12.1. The number of hydrogen-bond acceptors (Lipinski definition) is 5. The maximum absolute atomic E-state index is 14.2. The van der Waals surface area contributed by atoms with Gasteiger partial charge in [0.15, 0.2) is 0 Å². The lowest BCUT2D eigenvalue weighted by molar-refractivity contribution is -0.140. The summed E-state index contributed by atoms with van der Waals surface area (Å²) in [5, 5.41) is 3.22. The summed E-state index contributed by atoms with van der Waals surface area (Å²) in [6.07, 6.45) is 1.08. The molecule has 0 bridgehead atoms. The van der Waals surface area contributed by atoms with E-state index in [9.17, 15) is 18.0 Å². The number of amides is 2. The molecule has 0 radical (unpaired) electrons. The van der Waals surface area contributed by atoms with E-state index in [0.29, 0.717) is 29.3 Å². The highest BCUT2D eigenvalue weighted by molar-refractivity contribution is 7.92. The number of benzene rings is 3. The number of aryl methyl sites for hydroxylation is 2. The molecule has 1 atom stereocenters. The number of sulfonamides is 1. The van der Waals surface area contributed by atoms with Gasteiger partial charge in [-0.2, -0.15) is 0 Å². The molecule has 0 heterocycles. The number of anilines is 1. The molecule has 10 heteroatoms. The molecule has 1 unspecified atom stereocenters. The van der Waals surface area contributed by atoms with Crippen LogP contribution in [0.15, 0.2) is 71.6 Å². The maximum Gasteiger partial charge on any atom is 0.264 e. The Kier molecular flexibility index (Phi) is 11.2. The van der Waals surface area contributed by atoms with Crippen LogP contribution in [-0.4, -0.2) is 51.4 Å². The number of ether oxygens (including phenoxy) is 1. The predicted octanol–water partition coefficient (Wildman–Crippen LogP) is 5.49. The van der Waals surface area contributed by atoms with E-state index in [2.05, 4.69) is 5.32 Å². The minimum Gasteiger partial charge on any atom is -0.497 e. The Hall–Kier alpha value is -3.56. The van der Waals surface area contributed by atoms with Crippen LogP contribution >= 0.6 is 11.6 Å². The van der Waals surface area contributed by atoms with Crippen LogP contribution in [0.3, 0.4) is 0 Å². The average Bonchev–Trinajstić information content (AvgIpc) is 2.96. The molecule has 0 aliphatic carbocycles. The van der Waals surface area contributed by atoms with Crippen molar-refractivity contribution in [3.05, 3.63) is 88.4 Å². The summed E-state index contributed by atoms with van der Waals surface area (Å²) < 4.78 is 34.5. The summed E-state index contributed by atoms with van der Waals surface area (Å²) in [5.74, 6) is -0.213. The first kappa shape index (κ1) is 32.0. The number of nitrogens with one attached hydrogen (secondary N) is 1. The Balaban J connectivity index is 2.10. The van der Waals surface area contributed by atoms with Gasteiger partial charge in [0.2, 0.25) is 11.8 Å². The van der Waals surface area contributed by atoms with Gasteiger partial charge in [-0.1, -0.05) is 61.3 Å². The quantitative estimate of drug-likeness (QED) is 0.280. The summed E-state index contributed by atoms with van der Waals surface area (Å²) >= 11 is 6.29. The summed E-state index contributed by atoms with van der Waals surface area (Å²) in [7, 11) is -2.63. The Labute approximate surface area is 248 Å². The van der Waals surface area contributed by atoms with Crippen molar-refractivity contribution in [1.29, 1.82) is 0 Å². The SMILES string of the molecule is CCCNC(=O)C(CC)N(Cc1cccc(OC)c1)C(=O)CN(c1cc(Cl)ccc1C)S(=O)(=O)c1ccc(C)cc1. The predicted molar refractivity (Wildman–Crippen MR) is 163 cm³/mol. The van der Waals surface area contributed by atoms with Crippen LogP contribution in [0, 0.1) is 13.8 Å². The molecule has 3 rings (SSSR count). The molecule has 3 aromatic rings. The largest absolute Gasteiger partial charge is 0.497 e. The number of rotatable bonds is 13. The first-order valence-electron chi connectivity index (χ1n) is 13.6. The topological polar surface area (TPSA) is 96.0 Å². The lowest BCUT2D eigenvalue weighted by Crippen LogP contribution is -2.52. The van der Waals surface area contributed by atoms with Crippen molar-refractivity contribution in [2.75, 3.05) is 24.5 Å². The van der Waals surface area contributed by atoms with Crippen LogP contribution in [0.25, 0.3) is 0 Å². The second kappa shape index (κ2) is 14.4. The molecule has 1 N–H and O–H groups in total. The molecule has 0 fully saturated rings. The first-order chi connectivity index (χ1) is 19.5. The molecule has 0 aliphatic rings. The number of halogens is 1. The molecule has 8 nitrogen and oxygen atoms in total. The zero-order chi connectivity index (χ0) is 30.2. The number of hydrogen-bond donors (Lipinski definition) is 1. The first-order valence-corrected chi connectivity index (χ1v) is 15.4. The third-order valence-corrected chi connectivity index (χ3v) is 8.76. The van der Waals surface area contributed by atoms with Gasteiger partial charge in [-0.05, 0) is 74.2 Å². The van der Waals surface area contributed by atoms with Gasteiger partial charge in [-0.3, -0.25) is 13.9 Å². The number of carbonyl (C=O) groups is 2. The summed E-state index contributed by atoms with van der Waals surface area (Å²) in [6, 6.07) is 17.8. The van der Waals surface area contributed by atoms with Crippen molar-refractivity contribution >= 4 is 39.1 Å². The van der Waals surface area contributed by atoms with Gasteiger partial charge in [0.25, 0.3) is 10.0 Å². The van der Waals surface area contributed by atoms with Crippen molar-refractivity contribution in [2.45, 2.75) is 58.0 Å². The summed E-state index contributed by atoms with van der Waals surface area (Å²) in [6.45, 7) is 7.41. The Morgan fingerprint density at radius 2 is 1.71 bits per heavy atom. The molecule has 0 aromatic heterocycles. The minimum absolute atomic E-state index is 0.0438. The van der Waals surface area contributed by atoms with Crippen molar-refractivity contribution in [1.82, 2.24) is 10.2 Å². The van der Waals surface area contributed by atoms with E-state index in [1.54, 1.807) is 56.5 Å². The van der Waals surface area contributed by atoms with Crippen LogP contribution in [-0.2, 0) is 26.2 Å². The monoisotopic (exact) mass is 599 g/mol. The van der Waals surface area contributed by atoms with Crippen LogP contribution in [0.5, 0.6) is 5.75 Å². The fourth-order valence-electron chi connectivity index (χ4n) is 4.46. The molecule has 2 amide bonds. The second-order valence-electron chi connectivity index (χ2n) is 9.84. The molecule has 220 valence electrons. The fourth-order valence-corrected chi connectivity index (χ4v) is 6.09. The Morgan fingerprint density at radius 1 is 1.00 bits per heavy atom. The van der Waals surface area contributed by atoms with Gasteiger partial charge < -0.3 is 15.0 Å². The fraction of sp³-hybridized carbons (Fsp3) is 0.355. The van der Waals surface area contributed by atoms with Crippen molar-refractivity contribution in [3.63, 3.8) is 0 Å². The highest BCUT2D eigenvalue weighted by Gasteiger charge is 2.34. The highest BCUT2D eigenvalue weighted by atomic mass is 35.5. The Bertz CT molecular complexity index is 1460. The molecule has 3 aromatic carbocycles. The standard InChI is InChI=1S/C31H38ClN3O5S/c1-6-17-33-31(37)28(7-2)34(20-24-9-8-10-26(18-24)40-5)30(36)21-35(29-19-25(32)14-13-23(29)4)41(38,39)27-15-11-22(3)12-16-27/h8-16,18-19,28H,6-7,17,20-21H2,1-5H3,(H,33,37). The van der Waals surface area contributed by atoms with Gasteiger partial charge in [0, 0.05) is 18.1 Å². The number of carbonyl (C=O) groups excluding carboxylic acids is 2. The summed E-state index contributed by atoms with van der Waals surface area (Å²) in [4.78, 5) is 28.9. The molecule has 0 saturated heterocycles. The van der Waals surface area contributed by atoms with Crippen LogP contribution < -0.4 is 14.4 Å². The summed E-state index contributed by atoms with van der Waals surface area (Å²) in [5.41, 5.74) is 2.56. The van der Waals surface area contributed by atoms with Gasteiger partial charge >= 0.3 is 0 Å². The zero-order valence-corrected chi connectivity index (χ0v) is 25.8. The van der Waals surface area contributed by atoms with E-state index in [1.165, 1.54) is 23.1 Å². The molecule has 0 saturated carbocycles. The lowest BCUT2D eigenvalue weighted by atomic mass is 10.1. The molecule has 0 aliphatic heterocycles.